The maximum Gasteiger partial charge on any atom is 0.247 e. The van der Waals surface area contributed by atoms with Crippen LogP contribution in [-0.2, 0) is 11.2 Å². The summed E-state index contributed by atoms with van der Waals surface area (Å²) < 4.78 is 5.84. The van der Waals surface area contributed by atoms with E-state index in [-0.39, 0.29) is 11.8 Å². The molecule has 4 aromatic rings. The molecule has 0 spiro atoms. The number of hydrogen-bond acceptors (Lipinski definition) is 5. The van der Waals surface area contributed by atoms with E-state index < -0.39 is 0 Å². The van der Waals surface area contributed by atoms with Gasteiger partial charge < -0.3 is 9.32 Å². The Kier molecular flexibility index (Phi) is 6.77. The van der Waals surface area contributed by atoms with Crippen molar-refractivity contribution < 1.29 is 9.21 Å². The molecule has 1 amide bonds. The van der Waals surface area contributed by atoms with Crippen LogP contribution in [0.2, 0.25) is 0 Å². The first-order valence-electron chi connectivity index (χ1n) is 11.8. The minimum absolute atomic E-state index is 0.168. The van der Waals surface area contributed by atoms with Gasteiger partial charge in [-0.3, -0.25) is 9.69 Å². The highest BCUT2D eigenvalue weighted by Gasteiger charge is 2.29. The van der Waals surface area contributed by atoms with E-state index >= 15 is 0 Å². The summed E-state index contributed by atoms with van der Waals surface area (Å²) in [5, 5.41) is 8.38. The van der Waals surface area contributed by atoms with Crippen molar-refractivity contribution in [3.05, 3.63) is 108 Å². The molecule has 172 valence electrons. The predicted molar refractivity (Wildman–Crippen MR) is 131 cm³/mol. The van der Waals surface area contributed by atoms with E-state index in [9.17, 15) is 4.79 Å². The number of piperazine rings is 1. The fourth-order valence-electron chi connectivity index (χ4n) is 4.45. The van der Waals surface area contributed by atoms with Gasteiger partial charge in [-0.2, -0.15) is 0 Å². The Morgan fingerprint density at radius 1 is 0.765 bits per heavy atom. The van der Waals surface area contributed by atoms with Crippen molar-refractivity contribution >= 4 is 5.91 Å². The van der Waals surface area contributed by atoms with Crippen LogP contribution in [0.4, 0.5) is 0 Å². The van der Waals surface area contributed by atoms with Gasteiger partial charge in [0.15, 0.2) is 0 Å². The molecular formula is C28H28N4O2. The van der Waals surface area contributed by atoms with Crippen LogP contribution >= 0.6 is 0 Å². The van der Waals surface area contributed by atoms with Gasteiger partial charge in [0.1, 0.15) is 0 Å². The topological polar surface area (TPSA) is 62.5 Å². The summed E-state index contributed by atoms with van der Waals surface area (Å²) in [5.41, 5.74) is 3.00. The molecule has 0 aliphatic carbocycles. The summed E-state index contributed by atoms with van der Waals surface area (Å²) in [7, 11) is 0. The van der Waals surface area contributed by atoms with Gasteiger partial charge in [-0.05, 0) is 23.3 Å². The van der Waals surface area contributed by atoms with Gasteiger partial charge in [0.05, 0.1) is 5.92 Å². The average molecular weight is 453 g/mol. The zero-order valence-corrected chi connectivity index (χ0v) is 19.1. The minimum Gasteiger partial charge on any atom is -0.421 e. The molecule has 0 radical (unpaired) electrons. The molecule has 0 atom stereocenters. The number of hydrogen-bond donors (Lipinski definition) is 0. The van der Waals surface area contributed by atoms with Gasteiger partial charge in [-0.1, -0.05) is 78.9 Å². The highest BCUT2D eigenvalue weighted by Crippen LogP contribution is 2.27. The van der Waals surface area contributed by atoms with Crippen LogP contribution in [0.1, 0.15) is 22.9 Å². The number of benzene rings is 3. The first kappa shape index (κ1) is 22.0. The number of carbonyl (C=O) groups excluding carboxylic acids is 1. The number of amides is 1. The van der Waals surface area contributed by atoms with Crippen molar-refractivity contribution in [2.75, 3.05) is 32.7 Å². The molecule has 1 aromatic heterocycles. The van der Waals surface area contributed by atoms with Crippen LogP contribution in [0, 0.1) is 0 Å². The fraction of sp³-hybridized carbons (Fsp3) is 0.250. The van der Waals surface area contributed by atoms with Crippen molar-refractivity contribution in [1.82, 2.24) is 20.0 Å². The van der Waals surface area contributed by atoms with Crippen molar-refractivity contribution in [2.24, 2.45) is 0 Å². The molecule has 34 heavy (non-hydrogen) atoms. The van der Waals surface area contributed by atoms with Crippen molar-refractivity contribution in [2.45, 2.75) is 12.3 Å². The lowest BCUT2D eigenvalue weighted by atomic mass is 9.90. The van der Waals surface area contributed by atoms with E-state index in [1.165, 1.54) is 0 Å². The van der Waals surface area contributed by atoms with Gasteiger partial charge in [-0.15, -0.1) is 10.2 Å². The maximum absolute atomic E-state index is 13.6. The second kappa shape index (κ2) is 10.4. The lowest BCUT2D eigenvalue weighted by molar-refractivity contribution is -0.133. The lowest BCUT2D eigenvalue weighted by Gasteiger charge is -2.36. The highest BCUT2D eigenvalue weighted by molar-refractivity contribution is 5.87. The molecule has 5 rings (SSSR count). The number of carbonyl (C=O) groups is 1. The molecule has 0 bridgehead atoms. The Balaban J connectivity index is 1.18. The predicted octanol–water partition coefficient (Wildman–Crippen LogP) is 4.26. The minimum atomic E-state index is -0.274. The van der Waals surface area contributed by atoms with Crippen LogP contribution in [0.3, 0.4) is 0 Å². The smallest absolute Gasteiger partial charge is 0.247 e. The quantitative estimate of drug-likeness (QED) is 0.419. The first-order valence-corrected chi connectivity index (χ1v) is 11.8. The largest absolute Gasteiger partial charge is 0.421 e. The normalized spacial score (nSPS) is 14.4. The highest BCUT2D eigenvalue weighted by atomic mass is 16.4. The molecule has 3 aromatic carbocycles. The molecule has 1 aliphatic rings. The summed E-state index contributed by atoms with van der Waals surface area (Å²) in [6.07, 6.45) is 0.699. The summed E-state index contributed by atoms with van der Waals surface area (Å²) >= 11 is 0. The summed E-state index contributed by atoms with van der Waals surface area (Å²) in [5.74, 6) is 1.09. The summed E-state index contributed by atoms with van der Waals surface area (Å²) in [4.78, 5) is 18.0. The zero-order chi connectivity index (χ0) is 23.2. The van der Waals surface area contributed by atoms with Crippen molar-refractivity contribution in [3.8, 4) is 11.5 Å². The Morgan fingerprint density at radius 2 is 1.32 bits per heavy atom. The van der Waals surface area contributed by atoms with E-state index in [0.29, 0.717) is 31.3 Å². The van der Waals surface area contributed by atoms with E-state index in [1.54, 1.807) is 0 Å². The summed E-state index contributed by atoms with van der Waals surface area (Å²) in [6, 6.07) is 29.9. The molecule has 1 fully saturated rings. The van der Waals surface area contributed by atoms with Gasteiger partial charge in [-0.25, -0.2) is 0 Å². The van der Waals surface area contributed by atoms with E-state index in [1.807, 2.05) is 95.9 Å². The van der Waals surface area contributed by atoms with Crippen LogP contribution in [0.25, 0.3) is 11.5 Å². The molecule has 0 saturated carbocycles. The van der Waals surface area contributed by atoms with Crippen LogP contribution in [0.15, 0.2) is 95.4 Å². The Hall–Kier alpha value is -3.77. The van der Waals surface area contributed by atoms with Crippen LogP contribution in [0.5, 0.6) is 0 Å². The van der Waals surface area contributed by atoms with Crippen molar-refractivity contribution in [1.29, 1.82) is 0 Å². The number of nitrogens with zero attached hydrogens (tertiary/aromatic N) is 4. The summed E-state index contributed by atoms with van der Waals surface area (Å²) in [6.45, 7) is 3.94. The Bertz CT molecular complexity index is 1150. The third kappa shape index (κ3) is 5.07. The van der Waals surface area contributed by atoms with Gasteiger partial charge in [0.2, 0.25) is 17.7 Å². The molecule has 0 unspecified atom stereocenters. The van der Waals surface area contributed by atoms with Crippen LogP contribution in [-0.4, -0.2) is 58.6 Å². The van der Waals surface area contributed by atoms with Gasteiger partial charge in [0, 0.05) is 44.7 Å². The second-order valence-corrected chi connectivity index (χ2v) is 8.54. The van der Waals surface area contributed by atoms with Gasteiger partial charge in [0.25, 0.3) is 0 Å². The SMILES string of the molecule is O=C(C(c1ccccc1)c1ccccc1)N1CCN(CCc2nnc(-c3ccccc3)o2)CC1. The molecule has 6 heteroatoms. The van der Waals surface area contributed by atoms with E-state index in [4.69, 9.17) is 4.42 Å². The van der Waals surface area contributed by atoms with Crippen LogP contribution < -0.4 is 0 Å². The molecule has 1 saturated heterocycles. The third-order valence-electron chi connectivity index (χ3n) is 6.33. The Labute approximate surface area is 199 Å². The molecular weight excluding hydrogens is 424 g/mol. The second-order valence-electron chi connectivity index (χ2n) is 8.54. The van der Waals surface area contributed by atoms with E-state index in [2.05, 4.69) is 15.1 Å². The van der Waals surface area contributed by atoms with Crippen molar-refractivity contribution in [3.63, 3.8) is 0 Å². The maximum atomic E-state index is 13.6. The van der Waals surface area contributed by atoms with E-state index in [0.717, 1.165) is 36.3 Å². The monoisotopic (exact) mass is 452 g/mol. The Morgan fingerprint density at radius 3 is 1.91 bits per heavy atom. The molecule has 2 heterocycles. The number of aromatic nitrogens is 2. The third-order valence-corrected chi connectivity index (χ3v) is 6.33. The standard InChI is InChI=1S/C28H28N4O2/c33-28(26(22-10-4-1-5-11-22)23-12-6-2-7-13-23)32-20-18-31(19-21-32)17-16-25-29-30-27(34-25)24-14-8-3-9-15-24/h1-15,26H,16-21H2. The first-order chi connectivity index (χ1) is 16.8. The lowest BCUT2D eigenvalue weighted by Crippen LogP contribution is -2.50. The molecule has 0 N–H and O–H groups in total. The zero-order valence-electron chi connectivity index (χ0n) is 19.1. The van der Waals surface area contributed by atoms with Gasteiger partial charge >= 0.3 is 0 Å². The molecule has 1 aliphatic heterocycles. The number of rotatable bonds is 7. The average Bonchev–Trinajstić information content (AvgIpc) is 3.39. The fourth-order valence-corrected chi connectivity index (χ4v) is 4.45. The molecule has 6 nitrogen and oxygen atoms in total.